The molecule has 0 atom stereocenters. The summed E-state index contributed by atoms with van der Waals surface area (Å²) in [5, 5.41) is 5.39. The fraction of sp³-hybridized carbons (Fsp3) is 0.667. The maximum Gasteiger partial charge on any atom is 0.0325 e. The maximum atomic E-state index is 3.49. The van der Waals surface area contributed by atoms with E-state index in [0.717, 1.165) is 19.6 Å². The predicted octanol–water partition coefficient (Wildman–Crippen LogP) is 3.19. The van der Waals surface area contributed by atoms with Crippen LogP contribution >= 0.6 is 27.3 Å². The summed E-state index contributed by atoms with van der Waals surface area (Å²) in [6.07, 6.45) is 0. The zero-order chi connectivity index (χ0) is 12.2. The number of hydrogen-bond acceptors (Lipinski definition) is 3. The normalized spacial score (nSPS) is 12.4. The van der Waals surface area contributed by atoms with E-state index in [2.05, 4.69) is 58.5 Å². The molecule has 0 aliphatic heterocycles. The summed E-state index contributed by atoms with van der Waals surface area (Å²) < 4.78 is 1.19. The van der Waals surface area contributed by atoms with Crippen molar-refractivity contribution >= 4 is 27.3 Å². The van der Waals surface area contributed by atoms with Crippen LogP contribution in [0, 0.1) is 5.41 Å². The molecule has 16 heavy (non-hydrogen) atoms. The van der Waals surface area contributed by atoms with Crippen molar-refractivity contribution in [3.63, 3.8) is 0 Å². The van der Waals surface area contributed by atoms with Gasteiger partial charge in [0.25, 0.3) is 0 Å². The smallest absolute Gasteiger partial charge is 0.0325 e. The first kappa shape index (κ1) is 14.2. The fourth-order valence-electron chi connectivity index (χ4n) is 2.02. The number of halogens is 1. The van der Waals surface area contributed by atoms with E-state index < -0.39 is 0 Å². The molecule has 1 N–H and O–H groups in total. The largest absolute Gasteiger partial charge is 0.319 e. The van der Waals surface area contributed by atoms with Gasteiger partial charge in [0.2, 0.25) is 0 Å². The Labute approximate surface area is 111 Å². The summed E-state index contributed by atoms with van der Waals surface area (Å²) in [6, 6.07) is 2.20. The van der Waals surface area contributed by atoms with Gasteiger partial charge in [0.05, 0.1) is 0 Å². The van der Waals surface area contributed by atoms with Crippen molar-refractivity contribution in [3.8, 4) is 0 Å². The standard InChI is InChI=1S/C12H21BrN2S/c1-12(2,8-14-3)9-15(4)6-11-5-10(13)7-16-11/h5,7,14H,6,8-9H2,1-4H3. The van der Waals surface area contributed by atoms with Crippen LogP contribution < -0.4 is 5.32 Å². The van der Waals surface area contributed by atoms with Gasteiger partial charge in [-0.3, -0.25) is 0 Å². The number of hydrogen-bond donors (Lipinski definition) is 1. The molecule has 92 valence electrons. The van der Waals surface area contributed by atoms with Crippen molar-refractivity contribution in [2.24, 2.45) is 5.41 Å². The molecular weight excluding hydrogens is 284 g/mol. The average Bonchev–Trinajstić information content (AvgIpc) is 2.49. The molecule has 2 nitrogen and oxygen atoms in total. The summed E-state index contributed by atoms with van der Waals surface area (Å²) in [5.74, 6) is 0. The Morgan fingerprint density at radius 3 is 2.69 bits per heavy atom. The lowest BCUT2D eigenvalue weighted by atomic mass is 9.93. The summed E-state index contributed by atoms with van der Waals surface area (Å²) in [6.45, 7) is 7.77. The molecular formula is C12H21BrN2S. The van der Waals surface area contributed by atoms with Crippen LogP contribution in [0.3, 0.4) is 0 Å². The highest BCUT2D eigenvalue weighted by molar-refractivity contribution is 9.10. The summed E-state index contributed by atoms with van der Waals surface area (Å²) >= 11 is 5.30. The van der Waals surface area contributed by atoms with E-state index in [1.54, 1.807) is 0 Å². The van der Waals surface area contributed by atoms with Crippen LogP contribution in [-0.4, -0.2) is 32.1 Å². The molecule has 1 aromatic heterocycles. The van der Waals surface area contributed by atoms with Crippen molar-refractivity contribution < 1.29 is 0 Å². The van der Waals surface area contributed by atoms with Crippen molar-refractivity contribution in [2.75, 3.05) is 27.2 Å². The second-order valence-corrected chi connectivity index (χ2v) is 7.01. The van der Waals surface area contributed by atoms with Gasteiger partial charge >= 0.3 is 0 Å². The van der Waals surface area contributed by atoms with Crippen LogP contribution in [0.5, 0.6) is 0 Å². The van der Waals surface area contributed by atoms with Crippen LogP contribution in [0.1, 0.15) is 18.7 Å². The molecule has 0 saturated carbocycles. The zero-order valence-corrected chi connectivity index (χ0v) is 12.9. The first-order chi connectivity index (χ1) is 7.43. The maximum absolute atomic E-state index is 3.49. The molecule has 1 heterocycles. The van der Waals surface area contributed by atoms with Gasteiger partial charge in [-0.05, 0) is 41.5 Å². The second-order valence-electron chi connectivity index (χ2n) is 5.10. The minimum atomic E-state index is 0.317. The topological polar surface area (TPSA) is 15.3 Å². The van der Waals surface area contributed by atoms with E-state index in [-0.39, 0.29) is 0 Å². The van der Waals surface area contributed by atoms with Crippen LogP contribution in [0.2, 0.25) is 0 Å². The Bertz CT molecular complexity index is 323. The second kappa shape index (κ2) is 6.15. The fourth-order valence-corrected chi connectivity index (χ4v) is 3.55. The molecule has 0 spiro atoms. The minimum absolute atomic E-state index is 0.317. The Balaban J connectivity index is 2.44. The van der Waals surface area contributed by atoms with Gasteiger partial charge in [0.1, 0.15) is 0 Å². The lowest BCUT2D eigenvalue weighted by Crippen LogP contribution is -2.37. The number of thiophene rings is 1. The van der Waals surface area contributed by atoms with Gasteiger partial charge in [0.15, 0.2) is 0 Å². The van der Waals surface area contributed by atoms with Crippen LogP contribution in [0.15, 0.2) is 15.9 Å². The Morgan fingerprint density at radius 1 is 1.50 bits per heavy atom. The van der Waals surface area contributed by atoms with Gasteiger partial charge < -0.3 is 10.2 Å². The Kier molecular flexibility index (Phi) is 5.44. The first-order valence-corrected chi connectivity index (χ1v) is 7.16. The predicted molar refractivity (Wildman–Crippen MR) is 76.1 cm³/mol. The lowest BCUT2D eigenvalue weighted by Gasteiger charge is -2.29. The van der Waals surface area contributed by atoms with Crippen LogP contribution in [0.4, 0.5) is 0 Å². The van der Waals surface area contributed by atoms with E-state index in [4.69, 9.17) is 0 Å². The SMILES string of the molecule is CNCC(C)(C)CN(C)Cc1cc(Br)cs1. The zero-order valence-electron chi connectivity index (χ0n) is 10.5. The third-order valence-electron chi connectivity index (χ3n) is 2.40. The molecule has 0 unspecified atom stereocenters. The molecule has 0 aliphatic carbocycles. The number of nitrogens with zero attached hydrogens (tertiary/aromatic N) is 1. The first-order valence-electron chi connectivity index (χ1n) is 5.49. The molecule has 0 aromatic carbocycles. The minimum Gasteiger partial charge on any atom is -0.319 e. The van der Waals surface area contributed by atoms with Crippen molar-refractivity contribution in [1.82, 2.24) is 10.2 Å². The summed E-state index contributed by atoms with van der Waals surface area (Å²) in [4.78, 5) is 3.80. The third-order valence-corrected chi connectivity index (χ3v) is 4.08. The molecule has 4 heteroatoms. The third kappa shape index (κ3) is 4.95. The van der Waals surface area contributed by atoms with Gasteiger partial charge in [-0.25, -0.2) is 0 Å². The lowest BCUT2D eigenvalue weighted by molar-refractivity contribution is 0.203. The number of nitrogens with one attached hydrogen (secondary N) is 1. The highest BCUT2D eigenvalue weighted by Gasteiger charge is 2.19. The molecule has 0 fully saturated rings. The van der Waals surface area contributed by atoms with Crippen molar-refractivity contribution in [3.05, 3.63) is 20.8 Å². The summed E-state index contributed by atoms with van der Waals surface area (Å²) in [5.41, 5.74) is 0.317. The van der Waals surface area contributed by atoms with Crippen LogP contribution in [-0.2, 0) is 6.54 Å². The summed E-state index contributed by atoms with van der Waals surface area (Å²) in [7, 11) is 4.20. The van der Waals surface area contributed by atoms with E-state index >= 15 is 0 Å². The van der Waals surface area contributed by atoms with Gasteiger partial charge in [-0.1, -0.05) is 13.8 Å². The quantitative estimate of drug-likeness (QED) is 0.868. The van der Waals surface area contributed by atoms with Gasteiger partial charge in [-0.15, -0.1) is 11.3 Å². The molecule has 0 bridgehead atoms. The molecule has 1 rings (SSSR count). The molecule has 0 saturated heterocycles. The Morgan fingerprint density at radius 2 is 2.19 bits per heavy atom. The average molecular weight is 305 g/mol. The molecule has 0 radical (unpaired) electrons. The van der Waals surface area contributed by atoms with Crippen molar-refractivity contribution in [2.45, 2.75) is 20.4 Å². The van der Waals surface area contributed by atoms with E-state index in [1.165, 1.54) is 9.35 Å². The van der Waals surface area contributed by atoms with E-state index in [9.17, 15) is 0 Å². The van der Waals surface area contributed by atoms with Crippen LogP contribution in [0.25, 0.3) is 0 Å². The highest BCUT2D eigenvalue weighted by atomic mass is 79.9. The van der Waals surface area contributed by atoms with E-state index in [1.807, 2.05) is 18.4 Å². The van der Waals surface area contributed by atoms with Crippen molar-refractivity contribution in [1.29, 1.82) is 0 Å². The van der Waals surface area contributed by atoms with Gasteiger partial charge in [-0.2, -0.15) is 0 Å². The molecule has 0 aliphatic rings. The molecule has 1 aromatic rings. The van der Waals surface area contributed by atoms with Gasteiger partial charge in [0, 0.05) is 34.4 Å². The monoisotopic (exact) mass is 304 g/mol. The molecule has 0 amide bonds. The Hall–Kier alpha value is 0.1000. The number of rotatable bonds is 6. The van der Waals surface area contributed by atoms with E-state index in [0.29, 0.717) is 5.41 Å². The highest BCUT2D eigenvalue weighted by Crippen LogP contribution is 2.22.